The Morgan fingerprint density at radius 2 is 1.55 bits per heavy atom. The fraction of sp³-hybridized carbons (Fsp3) is 0.533. The zero-order valence-corrected chi connectivity index (χ0v) is 23.4. The van der Waals surface area contributed by atoms with Crippen LogP contribution in [0.4, 0.5) is 13.2 Å². The number of fused-ring (bicyclic) bond motifs is 3. The Morgan fingerprint density at radius 1 is 0.950 bits per heavy atom. The van der Waals surface area contributed by atoms with Crippen LogP contribution in [0.15, 0.2) is 36.4 Å². The Morgan fingerprint density at radius 3 is 2.17 bits per heavy atom. The maximum Gasteiger partial charge on any atom is 0.135 e. The topological polar surface area (TPSA) is 76.2 Å². The highest BCUT2D eigenvalue weighted by atomic mass is 19.1. The van der Waals surface area contributed by atoms with Crippen molar-refractivity contribution >= 4 is 10.9 Å². The number of hydrogen-bond acceptors (Lipinski definition) is 6. The third kappa shape index (κ3) is 7.55. The molecule has 3 aromatic rings. The molecule has 0 saturated carbocycles. The number of para-hydroxylation sites is 1. The van der Waals surface area contributed by atoms with Crippen molar-refractivity contribution in [1.29, 1.82) is 0 Å². The van der Waals surface area contributed by atoms with Gasteiger partial charge >= 0.3 is 0 Å². The van der Waals surface area contributed by atoms with E-state index in [0.29, 0.717) is 38.5 Å². The average Bonchev–Trinajstić information content (AvgIpc) is 3.26. The van der Waals surface area contributed by atoms with E-state index in [1.165, 1.54) is 26.0 Å². The first-order chi connectivity index (χ1) is 19.2. The van der Waals surface area contributed by atoms with Gasteiger partial charge in [-0.25, -0.2) is 13.2 Å². The van der Waals surface area contributed by atoms with Crippen LogP contribution in [-0.4, -0.2) is 86.1 Å². The molecule has 2 atom stereocenters. The molecule has 0 spiro atoms. The van der Waals surface area contributed by atoms with Gasteiger partial charge in [0.2, 0.25) is 0 Å². The summed E-state index contributed by atoms with van der Waals surface area (Å²) in [7, 11) is 0. The maximum absolute atomic E-state index is 15.7. The Bertz CT molecular complexity index is 1220. The lowest BCUT2D eigenvalue weighted by Crippen LogP contribution is -2.48. The maximum atomic E-state index is 15.7. The lowest BCUT2D eigenvalue weighted by Gasteiger charge is -2.43. The fourth-order valence-corrected chi connectivity index (χ4v) is 5.23. The molecule has 40 heavy (non-hydrogen) atoms. The molecule has 7 nitrogen and oxygen atoms in total. The van der Waals surface area contributed by atoms with Crippen LogP contribution in [0.2, 0.25) is 0 Å². The number of aliphatic hydroxyl groups is 1. The highest BCUT2D eigenvalue weighted by Crippen LogP contribution is 2.43. The summed E-state index contributed by atoms with van der Waals surface area (Å²) in [5, 5.41) is 9.65. The van der Waals surface area contributed by atoms with Crippen LogP contribution in [0.1, 0.15) is 43.6 Å². The van der Waals surface area contributed by atoms with Crippen LogP contribution >= 0.6 is 0 Å². The molecule has 0 amide bonds. The summed E-state index contributed by atoms with van der Waals surface area (Å²) >= 11 is 0. The van der Waals surface area contributed by atoms with Gasteiger partial charge < -0.3 is 29.0 Å². The molecular formula is C30H39F3N2O5. The number of aliphatic hydroxyl groups excluding tert-OH is 1. The number of H-pyrrole nitrogens is 1. The standard InChI is InChI=1S/C30H39F3N2O5/c1-20-16-23-22-6-4-5-7-26(22)34-28(23)29(35(20)19-30(2,3)33)27-24(31)17-21(18-25(27)32)40-15-14-39-13-12-38-11-10-37-9-8-36/h4-7,17-18,20,29,34,36H,8-16,19H2,1-3H3/t20-,29-/m1/s1. The predicted octanol–water partition coefficient (Wildman–Crippen LogP) is 4.95. The summed E-state index contributed by atoms with van der Waals surface area (Å²) in [6.45, 7) is 6.98. The number of ether oxygens (including phenoxy) is 4. The Kier molecular flexibility index (Phi) is 10.5. The molecule has 220 valence electrons. The van der Waals surface area contributed by atoms with Gasteiger partial charge in [0.25, 0.3) is 0 Å². The second kappa shape index (κ2) is 13.8. The van der Waals surface area contributed by atoms with Crippen LogP contribution in [-0.2, 0) is 20.6 Å². The number of alkyl halides is 1. The largest absolute Gasteiger partial charge is 0.491 e. The van der Waals surface area contributed by atoms with Gasteiger partial charge in [-0.05, 0) is 38.8 Å². The quantitative estimate of drug-likeness (QED) is 0.255. The van der Waals surface area contributed by atoms with Crippen molar-refractivity contribution in [2.45, 2.75) is 44.9 Å². The molecule has 2 N–H and O–H groups in total. The second-order valence-corrected chi connectivity index (χ2v) is 10.6. The molecule has 0 saturated heterocycles. The second-order valence-electron chi connectivity index (χ2n) is 10.6. The number of nitrogens with one attached hydrogen (secondary N) is 1. The molecule has 0 fully saturated rings. The smallest absolute Gasteiger partial charge is 0.135 e. The summed E-state index contributed by atoms with van der Waals surface area (Å²) in [4.78, 5) is 5.21. The minimum atomic E-state index is -1.56. The molecule has 0 radical (unpaired) electrons. The number of aromatic nitrogens is 1. The third-order valence-electron chi connectivity index (χ3n) is 6.88. The molecule has 0 bridgehead atoms. The number of hydrogen-bond donors (Lipinski definition) is 2. The first-order valence-electron chi connectivity index (χ1n) is 13.7. The molecule has 4 rings (SSSR count). The van der Waals surface area contributed by atoms with E-state index in [4.69, 9.17) is 24.1 Å². The van der Waals surface area contributed by atoms with E-state index in [2.05, 4.69) is 4.98 Å². The number of benzene rings is 2. The van der Waals surface area contributed by atoms with Crippen LogP contribution < -0.4 is 4.74 Å². The van der Waals surface area contributed by atoms with Gasteiger partial charge in [-0.3, -0.25) is 4.90 Å². The van der Waals surface area contributed by atoms with Gasteiger partial charge in [-0.2, -0.15) is 0 Å². The van der Waals surface area contributed by atoms with Crippen LogP contribution in [0, 0.1) is 11.6 Å². The molecule has 2 heterocycles. The summed E-state index contributed by atoms with van der Waals surface area (Å²) in [6.07, 6.45) is 0.638. The van der Waals surface area contributed by atoms with Crippen LogP contribution in [0.3, 0.4) is 0 Å². The van der Waals surface area contributed by atoms with Crippen molar-refractivity contribution in [3.05, 3.63) is 64.9 Å². The van der Waals surface area contributed by atoms with E-state index in [1.807, 2.05) is 36.1 Å². The fourth-order valence-electron chi connectivity index (χ4n) is 5.23. The number of aromatic amines is 1. The summed E-state index contributed by atoms with van der Waals surface area (Å²) in [5.74, 6) is -1.45. The van der Waals surface area contributed by atoms with Gasteiger partial charge in [0.15, 0.2) is 0 Å². The van der Waals surface area contributed by atoms with Crippen LogP contribution in [0.5, 0.6) is 5.75 Å². The first kappa shape index (κ1) is 30.3. The minimum Gasteiger partial charge on any atom is -0.491 e. The zero-order chi connectivity index (χ0) is 28.7. The van der Waals surface area contributed by atoms with E-state index in [-0.39, 0.29) is 50.3 Å². The van der Waals surface area contributed by atoms with Gasteiger partial charge in [0, 0.05) is 46.9 Å². The monoisotopic (exact) mass is 564 g/mol. The van der Waals surface area contributed by atoms with Gasteiger partial charge in [-0.1, -0.05) is 18.2 Å². The molecule has 0 aliphatic carbocycles. The SMILES string of the molecule is C[C@@H]1Cc2c([nH]c3ccccc23)[C@@H](c2c(F)cc(OCCOCCOCCOCCO)cc2F)N1CC(C)(C)F. The van der Waals surface area contributed by atoms with E-state index in [1.54, 1.807) is 0 Å². The Balaban J connectivity index is 1.45. The van der Waals surface area contributed by atoms with Crippen molar-refractivity contribution < 1.29 is 37.2 Å². The molecule has 1 aliphatic rings. The lowest BCUT2D eigenvalue weighted by atomic mass is 9.87. The zero-order valence-electron chi connectivity index (χ0n) is 23.4. The summed E-state index contributed by atoms with van der Waals surface area (Å²) in [5.41, 5.74) is 0.870. The van der Waals surface area contributed by atoms with Crippen molar-refractivity contribution in [3.63, 3.8) is 0 Å². The molecule has 0 unspecified atom stereocenters. The highest BCUT2D eigenvalue weighted by molar-refractivity contribution is 5.85. The van der Waals surface area contributed by atoms with E-state index in [9.17, 15) is 4.39 Å². The molecule has 2 aromatic carbocycles. The molecular weight excluding hydrogens is 525 g/mol. The van der Waals surface area contributed by atoms with Crippen LogP contribution in [0.25, 0.3) is 10.9 Å². The highest BCUT2D eigenvalue weighted by Gasteiger charge is 2.41. The van der Waals surface area contributed by atoms with Crippen molar-refractivity contribution in [3.8, 4) is 5.75 Å². The van der Waals surface area contributed by atoms with Crippen molar-refractivity contribution in [1.82, 2.24) is 9.88 Å². The number of halogens is 3. The molecule has 10 heteroatoms. The van der Waals surface area contributed by atoms with Gasteiger partial charge in [0.1, 0.15) is 29.7 Å². The van der Waals surface area contributed by atoms with Gasteiger partial charge in [0.05, 0.1) is 52.3 Å². The lowest BCUT2D eigenvalue weighted by molar-refractivity contribution is 0.00358. The van der Waals surface area contributed by atoms with Crippen molar-refractivity contribution in [2.24, 2.45) is 0 Å². The first-order valence-corrected chi connectivity index (χ1v) is 13.7. The summed E-state index contributed by atoms with van der Waals surface area (Å²) < 4.78 is 67.7. The van der Waals surface area contributed by atoms with E-state index in [0.717, 1.165) is 16.5 Å². The van der Waals surface area contributed by atoms with E-state index < -0.39 is 23.3 Å². The average molecular weight is 565 g/mol. The number of nitrogens with zero attached hydrogens (tertiary/aromatic N) is 1. The Labute approximate surface area is 233 Å². The van der Waals surface area contributed by atoms with Gasteiger partial charge in [-0.15, -0.1) is 0 Å². The summed E-state index contributed by atoms with van der Waals surface area (Å²) in [6, 6.07) is 9.16. The molecule has 1 aliphatic heterocycles. The minimum absolute atomic E-state index is 0.0154. The van der Waals surface area contributed by atoms with Crippen molar-refractivity contribution in [2.75, 3.05) is 59.4 Å². The Hall–Kier alpha value is -2.63. The van der Waals surface area contributed by atoms with E-state index >= 15 is 8.78 Å². The molecule has 1 aromatic heterocycles. The third-order valence-corrected chi connectivity index (χ3v) is 6.88. The number of rotatable bonds is 15. The normalized spacial score (nSPS) is 17.9. The predicted molar refractivity (Wildman–Crippen MR) is 147 cm³/mol.